The van der Waals surface area contributed by atoms with Gasteiger partial charge < -0.3 is 0 Å². The Labute approximate surface area is 147 Å². The molecular formula is C14H30IN4O4-. The number of hydrogen-bond donors (Lipinski definition) is 8. The van der Waals surface area contributed by atoms with E-state index in [1.165, 1.54) is 0 Å². The monoisotopic (exact) mass is 445 g/mol. The van der Waals surface area contributed by atoms with Crippen LogP contribution in [0.2, 0.25) is 0 Å². The molecule has 2 aliphatic carbocycles. The van der Waals surface area contributed by atoms with Crippen LogP contribution in [-0.4, -0.2) is 61.3 Å². The minimum atomic E-state index is -0.945. The summed E-state index contributed by atoms with van der Waals surface area (Å²) in [5, 5.41) is 46.2. The van der Waals surface area contributed by atoms with Gasteiger partial charge in [0.15, 0.2) is 0 Å². The van der Waals surface area contributed by atoms with Crippen LogP contribution in [0, 0.1) is 11.8 Å². The van der Waals surface area contributed by atoms with Gasteiger partial charge in [-0.2, -0.15) is 0 Å². The van der Waals surface area contributed by atoms with Crippen LogP contribution in [0.5, 0.6) is 0 Å². The third kappa shape index (κ3) is 4.15. The summed E-state index contributed by atoms with van der Waals surface area (Å²) >= 11 is -0.917. The third-order valence-corrected chi connectivity index (χ3v) is 7.30. The summed E-state index contributed by atoms with van der Waals surface area (Å²) < 4.78 is 2.22. The van der Waals surface area contributed by atoms with E-state index in [-0.39, 0.29) is 17.4 Å². The van der Waals surface area contributed by atoms with Crippen molar-refractivity contribution in [3.05, 3.63) is 0 Å². The van der Waals surface area contributed by atoms with E-state index in [0.29, 0.717) is 6.42 Å². The predicted octanol–water partition coefficient (Wildman–Crippen LogP) is -5.43. The van der Waals surface area contributed by atoms with Crippen LogP contribution in [0.15, 0.2) is 0 Å². The van der Waals surface area contributed by atoms with Crippen molar-refractivity contribution in [1.82, 2.24) is 14.2 Å². The van der Waals surface area contributed by atoms with Crippen molar-refractivity contribution in [2.75, 3.05) is 7.05 Å². The molecule has 8 nitrogen and oxygen atoms in total. The van der Waals surface area contributed by atoms with Gasteiger partial charge in [0.1, 0.15) is 0 Å². The number of halogens is 1. The summed E-state index contributed by atoms with van der Waals surface area (Å²) in [5.41, 5.74) is 4.65. The molecule has 2 fully saturated rings. The molecule has 2 aliphatic rings. The maximum atomic E-state index is 10.3. The van der Waals surface area contributed by atoms with Gasteiger partial charge in [-0.15, -0.1) is 0 Å². The van der Waals surface area contributed by atoms with E-state index >= 15 is 0 Å². The molecule has 0 radical (unpaired) electrons. The van der Waals surface area contributed by atoms with Gasteiger partial charge in [-0.05, 0) is 0 Å². The number of aliphatic hydroxyl groups is 4. The van der Waals surface area contributed by atoms with E-state index in [2.05, 4.69) is 14.2 Å². The molecule has 9 N–H and O–H groups in total. The van der Waals surface area contributed by atoms with Crippen molar-refractivity contribution in [2.24, 2.45) is 17.6 Å². The number of aliphatic hydroxyl groups excluding tert-OH is 4. The number of alkyl halides is 1. The molecule has 7 unspecified atom stereocenters. The van der Waals surface area contributed by atoms with Gasteiger partial charge in [0.2, 0.25) is 0 Å². The Bertz CT molecular complexity index is 410. The minimum absolute atomic E-state index is 0.0122. The number of rotatable bonds is 10. The first kappa shape index (κ1) is 19.7. The standard InChI is InChI=1S/C14H30IN4O4/c1-7(10(16)21)9-6-14(9,8(2)20)18-12(23)15-19-11(22)13(17-3)4-5-13/h7-12,17-23H,4-6,16H2,1-3H3/q-1. The Hall–Kier alpha value is 0.410. The Balaban J connectivity index is 1.84. The fraction of sp³-hybridized carbons (Fsp3) is 1.00. The van der Waals surface area contributed by atoms with Gasteiger partial charge in [-0.25, -0.2) is 0 Å². The second-order valence-electron chi connectivity index (χ2n) is 6.88. The van der Waals surface area contributed by atoms with Gasteiger partial charge in [0.05, 0.1) is 0 Å². The van der Waals surface area contributed by atoms with Gasteiger partial charge in [0.25, 0.3) is 0 Å². The Morgan fingerprint density at radius 2 is 1.78 bits per heavy atom. The third-order valence-electron chi connectivity index (χ3n) is 5.45. The molecule has 0 saturated heterocycles. The second kappa shape index (κ2) is 7.34. The zero-order valence-electron chi connectivity index (χ0n) is 13.8. The van der Waals surface area contributed by atoms with Crippen LogP contribution in [0.3, 0.4) is 0 Å². The fourth-order valence-electron chi connectivity index (χ4n) is 3.23. The zero-order chi connectivity index (χ0) is 17.4. The van der Waals surface area contributed by atoms with E-state index < -0.39 is 49.8 Å². The Morgan fingerprint density at radius 3 is 2.22 bits per heavy atom. The average Bonchev–Trinajstić information content (AvgIpc) is 3.38. The molecule has 0 aromatic carbocycles. The number of likely N-dealkylation sites (N-methyl/N-ethyl adjacent to an activating group) is 1. The molecule has 7 atom stereocenters. The predicted molar refractivity (Wildman–Crippen MR) is 81.2 cm³/mol. The second-order valence-corrected chi connectivity index (χ2v) is 9.31. The van der Waals surface area contributed by atoms with Gasteiger partial charge in [0, 0.05) is 0 Å². The Kier molecular flexibility index (Phi) is 6.30. The first-order valence-corrected chi connectivity index (χ1v) is 10.3. The molecule has 0 aromatic rings. The van der Waals surface area contributed by atoms with Crippen molar-refractivity contribution >= 4 is 0 Å². The zero-order valence-corrected chi connectivity index (χ0v) is 16.0. The molecule has 2 saturated carbocycles. The topological polar surface area (TPSA) is 143 Å². The summed E-state index contributed by atoms with van der Waals surface area (Å²) in [6.45, 7) is 3.52. The van der Waals surface area contributed by atoms with Crippen molar-refractivity contribution < 1.29 is 41.9 Å². The van der Waals surface area contributed by atoms with Crippen LogP contribution in [0.4, 0.5) is 0 Å². The summed E-state index contributed by atoms with van der Waals surface area (Å²) in [5.74, 6) is -0.154. The fourth-order valence-corrected chi connectivity index (χ4v) is 5.25. The van der Waals surface area contributed by atoms with Gasteiger partial charge in [-0.1, -0.05) is 0 Å². The van der Waals surface area contributed by atoms with E-state index in [9.17, 15) is 20.4 Å². The summed E-state index contributed by atoms with van der Waals surface area (Å²) in [6, 6.07) is 0. The van der Waals surface area contributed by atoms with Crippen molar-refractivity contribution in [3.63, 3.8) is 0 Å². The Morgan fingerprint density at radius 1 is 1.17 bits per heavy atom. The van der Waals surface area contributed by atoms with Crippen LogP contribution in [-0.2, 0) is 0 Å². The quantitative estimate of drug-likeness (QED) is 0.0548. The summed E-state index contributed by atoms with van der Waals surface area (Å²) in [7, 11) is 1.82. The molecule has 0 bridgehead atoms. The molecule has 9 heteroatoms. The van der Waals surface area contributed by atoms with Crippen LogP contribution in [0.25, 0.3) is 0 Å². The van der Waals surface area contributed by atoms with Crippen molar-refractivity contribution in [1.29, 1.82) is 0 Å². The van der Waals surface area contributed by atoms with E-state index in [1.807, 2.05) is 14.0 Å². The molecule has 0 spiro atoms. The van der Waals surface area contributed by atoms with Crippen LogP contribution >= 0.6 is 0 Å². The number of nitrogens with one attached hydrogen (secondary N) is 3. The molecule has 23 heavy (non-hydrogen) atoms. The van der Waals surface area contributed by atoms with E-state index in [4.69, 9.17) is 5.73 Å². The first-order valence-electron chi connectivity index (χ1n) is 8.01. The summed E-state index contributed by atoms with van der Waals surface area (Å²) in [6.07, 6.45) is 0.194. The molecule has 0 amide bonds. The molecule has 2 rings (SSSR count). The van der Waals surface area contributed by atoms with Crippen LogP contribution in [0.1, 0.15) is 33.1 Å². The molecule has 0 heterocycles. The number of nitrogens with two attached hydrogens (primary N) is 1. The van der Waals surface area contributed by atoms with Crippen LogP contribution < -0.4 is 41.4 Å². The summed E-state index contributed by atoms with van der Waals surface area (Å²) in [4.78, 5) is 0. The number of hydrogen-bond acceptors (Lipinski definition) is 8. The normalized spacial score (nSPS) is 35.4. The van der Waals surface area contributed by atoms with E-state index in [0.717, 1.165) is 12.8 Å². The molecular weight excluding hydrogens is 415 g/mol. The van der Waals surface area contributed by atoms with Gasteiger partial charge in [-0.3, -0.25) is 0 Å². The van der Waals surface area contributed by atoms with Crippen molar-refractivity contribution in [3.8, 4) is 0 Å². The van der Waals surface area contributed by atoms with Crippen molar-refractivity contribution in [2.45, 2.75) is 67.0 Å². The van der Waals surface area contributed by atoms with Gasteiger partial charge >= 0.3 is 148 Å². The van der Waals surface area contributed by atoms with E-state index in [1.54, 1.807) is 6.92 Å². The molecule has 0 aromatic heterocycles. The SMILES string of the molecule is CNC1(C(O)N[I-]C(O)NC2(C(C)O)CC2C(C)C(N)O)CC1. The molecule has 0 aliphatic heterocycles. The average molecular weight is 445 g/mol. The molecule has 138 valence electrons. The maximum absolute atomic E-state index is 10.3. The first-order chi connectivity index (χ1) is 10.7.